The van der Waals surface area contributed by atoms with Crippen LogP contribution < -0.4 is 5.32 Å². The minimum atomic E-state index is -0.522. The Kier molecular flexibility index (Phi) is 5.88. The van der Waals surface area contributed by atoms with E-state index in [1.54, 1.807) is 24.3 Å². The summed E-state index contributed by atoms with van der Waals surface area (Å²) in [7, 11) is 0. The Morgan fingerprint density at radius 3 is 2.03 bits per heavy atom. The summed E-state index contributed by atoms with van der Waals surface area (Å²) in [5, 5.41) is 18.7. The number of rotatable bonds is 6. The van der Waals surface area contributed by atoms with Gasteiger partial charge >= 0.3 is 0 Å². The molecule has 5 rings (SSSR count). The zero-order chi connectivity index (χ0) is 24.2. The molecular weight excluding hydrogens is 440 g/mol. The number of nitrogens with one attached hydrogen (secondary N) is 1. The summed E-state index contributed by atoms with van der Waals surface area (Å²) in [6.07, 6.45) is 0. The van der Waals surface area contributed by atoms with Crippen molar-refractivity contribution in [2.24, 2.45) is 0 Å². The third-order valence-corrected chi connectivity index (χ3v) is 5.57. The first-order chi connectivity index (χ1) is 17.1. The molecule has 0 aliphatic heterocycles. The van der Waals surface area contributed by atoms with Gasteiger partial charge in [-0.3, -0.25) is 14.9 Å². The Hall–Kier alpha value is -5.04. The quantitative estimate of drug-likeness (QED) is 0.236. The first-order valence-electron chi connectivity index (χ1n) is 11.0. The zero-order valence-electron chi connectivity index (χ0n) is 18.5. The predicted octanol–water partition coefficient (Wildman–Crippen LogP) is 6.37. The molecule has 1 heterocycles. The van der Waals surface area contributed by atoms with Crippen LogP contribution in [0, 0.1) is 10.1 Å². The SMILES string of the molecule is O=C(Nc1ccccc1[N+](=O)[O-])c1ccc(-n2nc(-c3ccccc3)cc2-c2ccccc2)cc1. The van der Waals surface area contributed by atoms with Crippen LogP contribution in [-0.4, -0.2) is 20.6 Å². The minimum Gasteiger partial charge on any atom is -0.316 e. The van der Waals surface area contributed by atoms with E-state index >= 15 is 0 Å². The molecule has 170 valence electrons. The number of carbonyl (C=O) groups excluding carboxylic acids is 1. The molecule has 0 radical (unpaired) electrons. The smallest absolute Gasteiger partial charge is 0.292 e. The van der Waals surface area contributed by atoms with Crippen molar-refractivity contribution in [1.29, 1.82) is 0 Å². The van der Waals surface area contributed by atoms with Crippen molar-refractivity contribution in [1.82, 2.24) is 9.78 Å². The lowest BCUT2D eigenvalue weighted by molar-refractivity contribution is -0.383. The maximum absolute atomic E-state index is 12.8. The highest BCUT2D eigenvalue weighted by Gasteiger charge is 2.17. The number of benzene rings is 4. The maximum atomic E-state index is 12.8. The van der Waals surface area contributed by atoms with Gasteiger partial charge in [-0.15, -0.1) is 0 Å². The Bertz CT molecular complexity index is 1490. The molecule has 0 atom stereocenters. The third kappa shape index (κ3) is 4.56. The summed E-state index contributed by atoms with van der Waals surface area (Å²) in [4.78, 5) is 23.5. The third-order valence-electron chi connectivity index (χ3n) is 5.57. The van der Waals surface area contributed by atoms with Crippen LogP contribution in [0.3, 0.4) is 0 Å². The number of anilines is 1. The maximum Gasteiger partial charge on any atom is 0.292 e. The molecule has 5 aromatic rings. The van der Waals surface area contributed by atoms with E-state index < -0.39 is 10.8 Å². The van der Waals surface area contributed by atoms with E-state index in [-0.39, 0.29) is 11.4 Å². The van der Waals surface area contributed by atoms with Crippen molar-refractivity contribution < 1.29 is 9.72 Å². The van der Waals surface area contributed by atoms with Crippen molar-refractivity contribution in [3.63, 3.8) is 0 Å². The van der Waals surface area contributed by atoms with E-state index in [1.165, 1.54) is 12.1 Å². The molecule has 1 N–H and O–H groups in total. The summed E-state index contributed by atoms with van der Waals surface area (Å²) >= 11 is 0. The minimum absolute atomic E-state index is 0.150. The molecule has 35 heavy (non-hydrogen) atoms. The van der Waals surface area contributed by atoms with Crippen molar-refractivity contribution >= 4 is 17.3 Å². The second-order valence-electron chi connectivity index (χ2n) is 7.83. The van der Waals surface area contributed by atoms with Gasteiger partial charge in [0.1, 0.15) is 5.69 Å². The first kappa shape index (κ1) is 21.8. The van der Waals surface area contributed by atoms with Gasteiger partial charge in [0.25, 0.3) is 11.6 Å². The number of hydrogen-bond donors (Lipinski definition) is 1. The van der Waals surface area contributed by atoms with Gasteiger partial charge in [0.2, 0.25) is 0 Å². The highest BCUT2D eigenvalue weighted by atomic mass is 16.6. The zero-order valence-corrected chi connectivity index (χ0v) is 18.5. The van der Waals surface area contributed by atoms with E-state index in [1.807, 2.05) is 83.5 Å². The molecule has 0 aliphatic carbocycles. The average Bonchev–Trinajstić information content (AvgIpc) is 3.36. The van der Waals surface area contributed by atoms with Gasteiger partial charge < -0.3 is 5.32 Å². The number of nitrogens with zero attached hydrogens (tertiary/aromatic N) is 3. The number of nitro benzene ring substituents is 1. The van der Waals surface area contributed by atoms with E-state index in [9.17, 15) is 14.9 Å². The molecule has 0 bridgehead atoms. The number of nitro groups is 1. The normalized spacial score (nSPS) is 10.6. The lowest BCUT2D eigenvalue weighted by atomic mass is 10.1. The number of para-hydroxylation sites is 2. The van der Waals surface area contributed by atoms with Crippen molar-refractivity contribution in [3.05, 3.63) is 131 Å². The van der Waals surface area contributed by atoms with Crippen LogP contribution in [0.4, 0.5) is 11.4 Å². The van der Waals surface area contributed by atoms with Gasteiger partial charge in [0.05, 0.1) is 22.0 Å². The van der Waals surface area contributed by atoms with Crippen LogP contribution in [0.5, 0.6) is 0 Å². The Morgan fingerprint density at radius 2 is 1.37 bits per heavy atom. The number of hydrogen-bond acceptors (Lipinski definition) is 4. The Labute approximate surface area is 201 Å². The highest BCUT2D eigenvalue weighted by Crippen LogP contribution is 2.29. The van der Waals surface area contributed by atoms with Gasteiger partial charge in [-0.2, -0.15) is 5.10 Å². The monoisotopic (exact) mass is 460 g/mol. The van der Waals surface area contributed by atoms with Crippen molar-refractivity contribution in [2.75, 3.05) is 5.32 Å². The molecule has 7 heteroatoms. The number of aromatic nitrogens is 2. The summed E-state index contributed by atoms with van der Waals surface area (Å²) < 4.78 is 1.85. The molecule has 0 saturated heterocycles. The fourth-order valence-corrected chi connectivity index (χ4v) is 3.83. The van der Waals surface area contributed by atoms with Gasteiger partial charge in [-0.1, -0.05) is 72.8 Å². The lowest BCUT2D eigenvalue weighted by Gasteiger charge is -2.09. The molecule has 4 aromatic carbocycles. The number of amides is 1. The van der Waals surface area contributed by atoms with Crippen LogP contribution in [0.25, 0.3) is 28.2 Å². The molecule has 0 unspecified atom stereocenters. The van der Waals surface area contributed by atoms with Crippen LogP contribution >= 0.6 is 0 Å². The topological polar surface area (TPSA) is 90.1 Å². The van der Waals surface area contributed by atoms with E-state index in [0.717, 1.165) is 28.2 Å². The average molecular weight is 460 g/mol. The number of carbonyl (C=O) groups is 1. The van der Waals surface area contributed by atoms with Crippen LogP contribution in [-0.2, 0) is 0 Å². The summed E-state index contributed by atoms with van der Waals surface area (Å²) in [5.74, 6) is -0.431. The van der Waals surface area contributed by atoms with E-state index in [0.29, 0.717) is 5.56 Å². The molecule has 0 spiro atoms. The largest absolute Gasteiger partial charge is 0.316 e. The van der Waals surface area contributed by atoms with E-state index in [4.69, 9.17) is 5.10 Å². The van der Waals surface area contributed by atoms with Crippen molar-refractivity contribution in [2.45, 2.75) is 0 Å². The van der Waals surface area contributed by atoms with Crippen LogP contribution in [0.15, 0.2) is 115 Å². The van der Waals surface area contributed by atoms with Gasteiger partial charge in [-0.25, -0.2) is 4.68 Å². The fraction of sp³-hybridized carbons (Fsp3) is 0. The molecule has 1 amide bonds. The predicted molar refractivity (Wildman–Crippen MR) is 135 cm³/mol. The van der Waals surface area contributed by atoms with Gasteiger partial charge in [0, 0.05) is 22.8 Å². The van der Waals surface area contributed by atoms with Crippen molar-refractivity contribution in [3.8, 4) is 28.2 Å². The second-order valence-corrected chi connectivity index (χ2v) is 7.83. The molecule has 0 saturated carbocycles. The summed E-state index contributed by atoms with van der Waals surface area (Å²) in [6.45, 7) is 0. The lowest BCUT2D eigenvalue weighted by Crippen LogP contribution is -2.13. The fourth-order valence-electron chi connectivity index (χ4n) is 3.83. The van der Waals surface area contributed by atoms with Gasteiger partial charge in [-0.05, 0) is 36.4 Å². The molecule has 7 nitrogen and oxygen atoms in total. The Balaban J connectivity index is 1.48. The molecular formula is C28H20N4O3. The second kappa shape index (κ2) is 9.44. The van der Waals surface area contributed by atoms with Gasteiger partial charge in [0.15, 0.2) is 0 Å². The molecule has 1 aromatic heterocycles. The van der Waals surface area contributed by atoms with E-state index in [2.05, 4.69) is 5.32 Å². The van der Waals surface area contributed by atoms with Crippen LogP contribution in [0.1, 0.15) is 10.4 Å². The first-order valence-corrected chi connectivity index (χ1v) is 11.0. The standard InChI is InChI=1S/C28H20N4O3/c33-28(29-24-13-7-8-14-26(24)32(34)35)22-15-17-23(18-16-22)31-27(21-11-5-2-6-12-21)19-25(30-31)20-9-3-1-4-10-20/h1-19H,(H,29,33). The van der Waals surface area contributed by atoms with Crippen LogP contribution in [0.2, 0.25) is 0 Å². The Morgan fingerprint density at radius 1 is 0.771 bits per heavy atom. The summed E-state index contributed by atoms with van der Waals surface area (Å²) in [5.41, 5.74) is 4.93. The molecule has 0 aliphatic rings. The highest BCUT2D eigenvalue weighted by molar-refractivity contribution is 6.05. The summed E-state index contributed by atoms with van der Waals surface area (Å²) in [6, 6.07) is 35.0. The molecule has 0 fully saturated rings.